The van der Waals surface area contributed by atoms with Gasteiger partial charge in [-0.3, -0.25) is 4.79 Å². The summed E-state index contributed by atoms with van der Waals surface area (Å²) in [7, 11) is 0. The van der Waals surface area contributed by atoms with E-state index in [0.717, 1.165) is 28.3 Å². The monoisotopic (exact) mass is 280 g/mol. The fourth-order valence-corrected chi connectivity index (χ4v) is 2.29. The molecular formula is C17H16N2O2. The third-order valence-corrected chi connectivity index (χ3v) is 3.28. The van der Waals surface area contributed by atoms with Crippen LogP contribution in [0.5, 0.6) is 5.75 Å². The Morgan fingerprint density at radius 2 is 1.90 bits per heavy atom. The lowest BCUT2D eigenvalue weighted by Gasteiger charge is -2.03. The van der Waals surface area contributed by atoms with E-state index in [1.807, 2.05) is 56.3 Å². The van der Waals surface area contributed by atoms with Crippen LogP contribution in [0.15, 0.2) is 47.5 Å². The van der Waals surface area contributed by atoms with Gasteiger partial charge in [-0.25, -0.2) is 4.99 Å². The summed E-state index contributed by atoms with van der Waals surface area (Å²) >= 11 is 0. The number of anilines is 1. The Morgan fingerprint density at radius 1 is 1.14 bits per heavy atom. The Kier molecular flexibility index (Phi) is 3.44. The zero-order valence-corrected chi connectivity index (χ0v) is 12.0. The maximum atomic E-state index is 12.0. The second-order valence-corrected chi connectivity index (χ2v) is 4.89. The Balaban J connectivity index is 1.96. The van der Waals surface area contributed by atoms with Crippen LogP contribution >= 0.6 is 0 Å². The molecule has 0 bridgehead atoms. The normalized spacial score (nSPS) is 15.0. The van der Waals surface area contributed by atoms with Crippen LogP contribution in [0.3, 0.4) is 0 Å². The largest absolute Gasteiger partial charge is 0.494 e. The Labute approximate surface area is 123 Å². The molecule has 1 amide bonds. The van der Waals surface area contributed by atoms with Crippen LogP contribution in [-0.4, -0.2) is 18.2 Å². The molecule has 4 heteroatoms. The Hall–Kier alpha value is -2.62. The first-order valence-electron chi connectivity index (χ1n) is 6.91. The fraction of sp³-hybridized carbons (Fsp3) is 0.176. The van der Waals surface area contributed by atoms with Crippen molar-refractivity contribution in [2.45, 2.75) is 13.8 Å². The first-order valence-corrected chi connectivity index (χ1v) is 6.91. The van der Waals surface area contributed by atoms with E-state index in [4.69, 9.17) is 4.74 Å². The topological polar surface area (TPSA) is 50.7 Å². The molecule has 0 atom stereocenters. The fourth-order valence-electron chi connectivity index (χ4n) is 2.29. The van der Waals surface area contributed by atoms with E-state index in [9.17, 15) is 4.79 Å². The summed E-state index contributed by atoms with van der Waals surface area (Å²) in [5.74, 6) is 0.637. The smallest absolute Gasteiger partial charge is 0.275 e. The van der Waals surface area contributed by atoms with Gasteiger partial charge in [0.1, 0.15) is 11.5 Å². The van der Waals surface area contributed by atoms with Crippen molar-refractivity contribution in [1.82, 2.24) is 0 Å². The SMILES string of the molecule is CCOc1ccc(N=C2C(=O)Nc3ccc(C)cc32)cc1. The standard InChI is InChI=1S/C17H16N2O2/c1-3-21-13-7-5-12(6-8-13)18-16-14-10-11(2)4-9-15(14)19-17(16)20/h4-10H,3H2,1-2H3,(H,18,19,20). The number of aryl methyl sites for hydroxylation is 1. The highest BCUT2D eigenvalue weighted by molar-refractivity contribution is 6.54. The van der Waals surface area contributed by atoms with Crippen LogP contribution in [0.4, 0.5) is 11.4 Å². The molecule has 1 heterocycles. The minimum absolute atomic E-state index is 0.163. The molecule has 0 unspecified atom stereocenters. The molecule has 1 aliphatic rings. The third kappa shape index (κ3) is 2.65. The molecule has 1 N–H and O–H groups in total. The molecule has 0 aliphatic carbocycles. The molecule has 4 nitrogen and oxygen atoms in total. The molecule has 2 aromatic rings. The number of ether oxygens (including phenoxy) is 1. The third-order valence-electron chi connectivity index (χ3n) is 3.28. The van der Waals surface area contributed by atoms with Crippen molar-refractivity contribution in [2.24, 2.45) is 4.99 Å². The predicted octanol–water partition coefficient (Wildman–Crippen LogP) is 3.47. The molecule has 0 aromatic heterocycles. The minimum Gasteiger partial charge on any atom is -0.494 e. The first-order chi connectivity index (χ1) is 10.2. The van der Waals surface area contributed by atoms with Gasteiger partial charge in [-0.1, -0.05) is 11.6 Å². The lowest BCUT2D eigenvalue weighted by Crippen LogP contribution is -2.13. The van der Waals surface area contributed by atoms with Crippen molar-refractivity contribution in [3.63, 3.8) is 0 Å². The summed E-state index contributed by atoms with van der Waals surface area (Å²) in [6, 6.07) is 13.3. The number of rotatable bonds is 3. The van der Waals surface area contributed by atoms with Gasteiger partial charge in [-0.05, 0) is 50.2 Å². The number of nitrogens with zero attached hydrogens (tertiary/aromatic N) is 1. The van der Waals surface area contributed by atoms with Gasteiger partial charge in [0, 0.05) is 5.56 Å². The number of carbonyl (C=O) groups is 1. The molecule has 0 fully saturated rings. The number of fused-ring (bicyclic) bond motifs is 1. The highest BCUT2D eigenvalue weighted by Gasteiger charge is 2.25. The van der Waals surface area contributed by atoms with Gasteiger partial charge in [-0.15, -0.1) is 0 Å². The number of nitrogens with one attached hydrogen (secondary N) is 1. The van der Waals surface area contributed by atoms with Crippen molar-refractivity contribution in [3.8, 4) is 5.75 Å². The van der Waals surface area contributed by atoms with Gasteiger partial charge >= 0.3 is 0 Å². The zero-order chi connectivity index (χ0) is 14.8. The van der Waals surface area contributed by atoms with Gasteiger partial charge in [-0.2, -0.15) is 0 Å². The van der Waals surface area contributed by atoms with Crippen LogP contribution in [0, 0.1) is 6.92 Å². The number of hydrogen-bond donors (Lipinski definition) is 1. The molecular weight excluding hydrogens is 264 g/mol. The Morgan fingerprint density at radius 3 is 2.62 bits per heavy atom. The van der Waals surface area contributed by atoms with E-state index < -0.39 is 0 Å². The van der Waals surface area contributed by atoms with Crippen LogP contribution in [0.25, 0.3) is 0 Å². The van der Waals surface area contributed by atoms with E-state index in [2.05, 4.69) is 10.3 Å². The number of aliphatic imine (C=N–C) groups is 1. The van der Waals surface area contributed by atoms with Crippen LogP contribution in [0.2, 0.25) is 0 Å². The van der Waals surface area contributed by atoms with E-state index >= 15 is 0 Å². The summed E-state index contributed by atoms with van der Waals surface area (Å²) < 4.78 is 5.40. The Bertz CT molecular complexity index is 718. The molecule has 106 valence electrons. The highest BCUT2D eigenvalue weighted by atomic mass is 16.5. The van der Waals surface area contributed by atoms with Crippen molar-refractivity contribution in [2.75, 3.05) is 11.9 Å². The number of benzene rings is 2. The maximum Gasteiger partial charge on any atom is 0.275 e. The summed E-state index contributed by atoms with van der Waals surface area (Å²) in [5, 5.41) is 2.83. The van der Waals surface area contributed by atoms with Crippen LogP contribution in [-0.2, 0) is 4.79 Å². The van der Waals surface area contributed by atoms with Crippen molar-refractivity contribution < 1.29 is 9.53 Å². The van der Waals surface area contributed by atoms with E-state index in [-0.39, 0.29) is 5.91 Å². The molecule has 21 heavy (non-hydrogen) atoms. The van der Waals surface area contributed by atoms with E-state index in [1.54, 1.807) is 0 Å². The number of amides is 1. The van der Waals surface area contributed by atoms with E-state index in [0.29, 0.717) is 12.3 Å². The molecule has 1 aliphatic heterocycles. The summed E-state index contributed by atoms with van der Waals surface area (Å²) in [6.45, 7) is 4.57. The van der Waals surface area contributed by atoms with Crippen LogP contribution < -0.4 is 10.1 Å². The van der Waals surface area contributed by atoms with Crippen molar-refractivity contribution in [3.05, 3.63) is 53.6 Å². The lowest BCUT2D eigenvalue weighted by atomic mass is 10.1. The summed E-state index contributed by atoms with van der Waals surface area (Å²) in [6.07, 6.45) is 0. The lowest BCUT2D eigenvalue weighted by molar-refractivity contribution is -0.110. The first kappa shape index (κ1) is 13.4. The van der Waals surface area contributed by atoms with Crippen LogP contribution in [0.1, 0.15) is 18.1 Å². The highest BCUT2D eigenvalue weighted by Crippen LogP contribution is 2.27. The number of hydrogen-bond acceptors (Lipinski definition) is 3. The quantitative estimate of drug-likeness (QED) is 0.936. The van der Waals surface area contributed by atoms with Gasteiger partial charge < -0.3 is 10.1 Å². The van der Waals surface area contributed by atoms with Gasteiger partial charge in [0.25, 0.3) is 5.91 Å². The summed E-state index contributed by atoms with van der Waals surface area (Å²) in [5.41, 5.74) is 3.96. The molecule has 0 radical (unpaired) electrons. The average Bonchev–Trinajstić information content (AvgIpc) is 2.77. The van der Waals surface area contributed by atoms with Gasteiger partial charge in [0.05, 0.1) is 18.0 Å². The molecule has 2 aromatic carbocycles. The average molecular weight is 280 g/mol. The second-order valence-electron chi connectivity index (χ2n) is 4.89. The molecule has 0 saturated heterocycles. The molecule has 0 spiro atoms. The van der Waals surface area contributed by atoms with E-state index in [1.165, 1.54) is 0 Å². The summed E-state index contributed by atoms with van der Waals surface area (Å²) in [4.78, 5) is 16.5. The second kappa shape index (κ2) is 5.40. The van der Waals surface area contributed by atoms with Crippen molar-refractivity contribution in [1.29, 1.82) is 0 Å². The molecule has 0 saturated carbocycles. The van der Waals surface area contributed by atoms with Crippen molar-refractivity contribution >= 4 is 23.0 Å². The zero-order valence-electron chi connectivity index (χ0n) is 12.0. The van der Waals surface area contributed by atoms with Gasteiger partial charge in [0.15, 0.2) is 0 Å². The molecule has 3 rings (SSSR count). The minimum atomic E-state index is -0.163. The van der Waals surface area contributed by atoms with Gasteiger partial charge in [0.2, 0.25) is 0 Å². The predicted molar refractivity (Wildman–Crippen MR) is 83.6 cm³/mol. The maximum absolute atomic E-state index is 12.0. The number of carbonyl (C=O) groups excluding carboxylic acids is 1.